The van der Waals surface area contributed by atoms with Gasteiger partial charge >= 0.3 is 0 Å². The van der Waals surface area contributed by atoms with Crippen LogP contribution >= 0.6 is 11.8 Å². The van der Waals surface area contributed by atoms with Crippen molar-refractivity contribution in [2.45, 2.75) is 29.7 Å². The minimum atomic E-state index is -3.65. The summed E-state index contributed by atoms with van der Waals surface area (Å²) in [6.45, 7) is 4.24. The van der Waals surface area contributed by atoms with Crippen molar-refractivity contribution in [1.29, 1.82) is 0 Å². The van der Waals surface area contributed by atoms with Crippen molar-refractivity contribution in [3.05, 3.63) is 64.2 Å². The number of carbonyl (C=O) groups is 1. The minimum Gasteiger partial charge on any atom is -0.545 e. The van der Waals surface area contributed by atoms with Crippen molar-refractivity contribution in [2.24, 2.45) is 0 Å². The second-order valence-electron chi connectivity index (χ2n) is 7.31. The number of fused-ring (bicyclic) bond motifs is 1. The molecule has 0 fully saturated rings. The van der Waals surface area contributed by atoms with Crippen molar-refractivity contribution in [1.82, 2.24) is 24.5 Å². The molecule has 1 N–H and O–H groups in total. The number of thioether (sulfide) groups is 1. The molecule has 0 atom stereocenters. The first-order valence-corrected chi connectivity index (χ1v) is 13.0. The predicted molar refractivity (Wildman–Crippen MR) is 126 cm³/mol. The van der Waals surface area contributed by atoms with Crippen molar-refractivity contribution >= 4 is 38.7 Å². The van der Waals surface area contributed by atoms with Crippen LogP contribution in [0.25, 0.3) is 22.4 Å². The number of aromatic amines is 1. The molecule has 4 rings (SSSR count). The molecule has 0 aliphatic carbocycles. The van der Waals surface area contributed by atoms with Gasteiger partial charge < -0.3 is 19.3 Å². The Balaban J connectivity index is 1.54. The lowest BCUT2D eigenvalue weighted by Gasteiger charge is -2.18. The van der Waals surface area contributed by atoms with Crippen LogP contribution < -0.4 is 10.7 Å². The Morgan fingerprint density at radius 3 is 2.63 bits per heavy atom. The number of aromatic carboxylic acids is 1. The summed E-state index contributed by atoms with van der Waals surface area (Å²) in [5.41, 5.74) is 0.182. The van der Waals surface area contributed by atoms with E-state index in [4.69, 9.17) is 4.42 Å². The molecular formula is C22H20N5O6S2-. The van der Waals surface area contributed by atoms with E-state index in [2.05, 4.69) is 20.2 Å². The van der Waals surface area contributed by atoms with Gasteiger partial charge in [-0.3, -0.25) is 4.79 Å². The van der Waals surface area contributed by atoms with Gasteiger partial charge in [0.2, 0.25) is 15.9 Å². The number of sulfonamides is 1. The lowest BCUT2D eigenvalue weighted by atomic mass is 10.1. The number of carbonyl (C=O) groups excluding carboxylic acids is 1. The average molecular weight is 515 g/mol. The molecule has 0 spiro atoms. The van der Waals surface area contributed by atoms with Gasteiger partial charge in [0.05, 0.1) is 27.5 Å². The molecule has 0 aliphatic rings. The van der Waals surface area contributed by atoms with Gasteiger partial charge in [-0.05, 0) is 35.9 Å². The Kier molecular flexibility index (Phi) is 7.00. The molecule has 0 saturated heterocycles. The van der Waals surface area contributed by atoms with Crippen LogP contribution in [-0.4, -0.2) is 51.9 Å². The Bertz CT molecular complexity index is 1560. The van der Waals surface area contributed by atoms with Gasteiger partial charge in [-0.15, -0.1) is 10.2 Å². The predicted octanol–water partition coefficient (Wildman–Crippen LogP) is 1.66. The SMILES string of the molecule is CCN(CC)S(=O)(=O)c1cccc(-c2nnc(SCc3nc4cc(C(=O)[O-])ccc4c(=O)[nH]3)o2)c1. The summed E-state index contributed by atoms with van der Waals surface area (Å²) >= 11 is 1.11. The molecule has 11 nitrogen and oxygen atoms in total. The molecule has 0 bridgehead atoms. The number of nitrogens with zero attached hydrogens (tertiary/aromatic N) is 4. The van der Waals surface area contributed by atoms with Crippen LogP contribution in [0, 0.1) is 0 Å². The molecule has 13 heteroatoms. The molecule has 0 radical (unpaired) electrons. The highest BCUT2D eigenvalue weighted by Crippen LogP contribution is 2.27. The van der Waals surface area contributed by atoms with E-state index in [1.807, 2.05) is 0 Å². The Morgan fingerprint density at radius 2 is 1.91 bits per heavy atom. The van der Waals surface area contributed by atoms with Crippen molar-refractivity contribution < 1.29 is 22.7 Å². The summed E-state index contributed by atoms with van der Waals surface area (Å²) in [5, 5.41) is 19.5. The zero-order valence-electron chi connectivity index (χ0n) is 18.7. The third-order valence-corrected chi connectivity index (χ3v) is 8.03. The number of nitrogens with one attached hydrogen (secondary N) is 1. The number of H-pyrrole nitrogens is 1. The van der Waals surface area contributed by atoms with Crippen LogP contribution in [0.15, 0.2) is 61.8 Å². The molecule has 2 aromatic carbocycles. The summed E-state index contributed by atoms with van der Waals surface area (Å²) in [7, 11) is -3.65. The van der Waals surface area contributed by atoms with E-state index in [0.717, 1.165) is 11.8 Å². The van der Waals surface area contributed by atoms with Crippen molar-refractivity contribution in [2.75, 3.05) is 13.1 Å². The number of rotatable bonds is 9. The Morgan fingerprint density at radius 1 is 1.14 bits per heavy atom. The highest BCUT2D eigenvalue weighted by atomic mass is 32.2. The molecule has 0 aliphatic heterocycles. The van der Waals surface area contributed by atoms with E-state index < -0.39 is 21.6 Å². The fraction of sp³-hybridized carbons (Fsp3) is 0.227. The molecule has 2 aromatic heterocycles. The number of benzene rings is 2. The first kappa shape index (κ1) is 24.6. The zero-order chi connectivity index (χ0) is 25.2. The van der Waals surface area contributed by atoms with Gasteiger partial charge in [0.25, 0.3) is 10.8 Å². The first-order valence-electron chi connectivity index (χ1n) is 10.5. The normalized spacial score (nSPS) is 11.9. The maximum absolute atomic E-state index is 12.8. The van der Waals surface area contributed by atoms with Crippen LogP contribution in [0.3, 0.4) is 0 Å². The molecule has 0 unspecified atom stereocenters. The minimum absolute atomic E-state index is 0.0824. The first-order chi connectivity index (χ1) is 16.7. The van der Waals surface area contributed by atoms with E-state index in [-0.39, 0.29) is 44.1 Å². The molecule has 35 heavy (non-hydrogen) atoms. The standard InChI is InChI=1S/C22H21N5O6S2/c1-3-27(4-2)35(31,32)15-7-5-6-13(10-15)20-25-26-22(33-20)34-12-18-23-17-11-14(21(29)30)8-9-16(17)19(28)24-18/h5-11H,3-4,12H2,1-2H3,(H,29,30)(H,23,24,28)/p-1. The van der Waals surface area contributed by atoms with E-state index in [9.17, 15) is 23.1 Å². The van der Waals surface area contributed by atoms with Gasteiger partial charge in [-0.25, -0.2) is 13.4 Å². The fourth-order valence-corrected chi connectivity index (χ4v) is 5.54. The molecular weight excluding hydrogens is 494 g/mol. The van der Waals surface area contributed by atoms with Gasteiger partial charge in [-0.1, -0.05) is 37.7 Å². The van der Waals surface area contributed by atoms with Crippen LogP contribution in [-0.2, 0) is 15.8 Å². The van der Waals surface area contributed by atoms with Gasteiger partial charge in [0.15, 0.2) is 0 Å². The lowest BCUT2D eigenvalue weighted by molar-refractivity contribution is -0.255. The third kappa shape index (κ3) is 5.11. The second-order valence-corrected chi connectivity index (χ2v) is 10.2. The van der Waals surface area contributed by atoms with Gasteiger partial charge in [0.1, 0.15) is 5.82 Å². The maximum Gasteiger partial charge on any atom is 0.277 e. The van der Waals surface area contributed by atoms with E-state index in [0.29, 0.717) is 18.7 Å². The third-order valence-electron chi connectivity index (χ3n) is 5.15. The largest absolute Gasteiger partial charge is 0.545 e. The second kappa shape index (κ2) is 9.98. The number of hydrogen-bond donors (Lipinski definition) is 1. The van der Waals surface area contributed by atoms with Crippen molar-refractivity contribution in [3.8, 4) is 11.5 Å². The van der Waals surface area contributed by atoms with E-state index >= 15 is 0 Å². The van der Waals surface area contributed by atoms with Crippen LogP contribution in [0.4, 0.5) is 0 Å². The fourth-order valence-electron chi connectivity index (χ4n) is 3.40. The number of aromatic nitrogens is 4. The van der Waals surface area contributed by atoms with Crippen LogP contribution in [0.2, 0.25) is 0 Å². The van der Waals surface area contributed by atoms with Gasteiger partial charge in [-0.2, -0.15) is 4.31 Å². The zero-order valence-corrected chi connectivity index (χ0v) is 20.4. The van der Waals surface area contributed by atoms with Crippen LogP contribution in [0.1, 0.15) is 30.0 Å². The Labute approximate surface area is 204 Å². The number of carboxylic acid groups (broad SMARTS) is 1. The summed E-state index contributed by atoms with van der Waals surface area (Å²) in [6.07, 6.45) is 0. The summed E-state index contributed by atoms with van der Waals surface area (Å²) in [4.78, 5) is 30.5. The number of hydrogen-bond acceptors (Lipinski definition) is 10. The van der Waals surface area contributed by atoms with Crippen molar-refractivity contribution in [3.63, 3.8) is 0 Å². The molecule has 4 aromatic rings. The number of carboxylic acids is 1. The molecule has 0 amide bonds. The average Bonchev–Trinajstić information content (AvgIpc) is 3.32. The topological polar surface area (TPSA) is 162 Å². The highest BCUT2D eigenvalue weighted by molar-refractivity contribution is 7.98. The highest BCUT2D eigenvalue weighted by Gasteiger charge is 2.22. The quantitative estimate of drug-likeness (QED) is 0.325. The monoisotopic (exact) mass is 514 g/mol. The van der Waals surface area contributed by atoms with Crippen LogP contribution in [0.5, 0.6) is 0 Å². The van der Waals surface area contributed by atoms with E-state index in [1.165, 1.54) is 34.6 Å². The maximum atomic E-state index is 12.8. The molecule has 182 valence electrons. The molecule has 0 saturated carbocycles. The smallest absolute Gasteiger partial charge is 0.277 e. The summed E-state index contributed by atoms with van der Waals surface area (Å²) in [6, 6.07) is 10.2. The lowest BCUT2D eigenvalue weighted by Crippen LogP contribution is -2.30. The van der Waals surface area contributed by atoms with Gasteiger partial charge in [0, 0.05) is 18.7 Å². The Hall–Kier alpha value is -3.55. The van der Waals surface area contributed by atoms with E-state index in [1.54, 1.807) is 26.0 Å². The summed E-state index contributed by atoms with van der Waals surface area (Å²) in [5.74, 6) is -0.770. The summed E-state index contributed by atoms with van der Waals surface area (Å²) < 4.78 is 32.6. The molecule has 2 heterocycles.